The number of aryl methyl sites for hydroxylation is 3. The van der Waals surface area contributed by atoms with Crippen LogP contribution >= 0.6 is 0 Å². The molecular weight excluding hydrogens is 342 g/mol. The Morgan fingerprint density at radius 3 is 2.81 bits per heavy atom. The minimum absolute atomic E-state index is 0.129. The van der Waals surface area contributed by atoms with Crippen LogP contribution < -0.4 is 16.2 Å². The van der Waals surface area contributed by atoms with Gasteiger partial charge in [-0.2, -0.15) is 0 Å². The van der Waals surface area contributed by atoms with E-state index in [1.54, 1.807) is 11.7 Å². The van der Waals surface area contributed by atoms with Gasteiger partial charge in [0, 0.05) is 25.0 Å². The molecule has 27 heavy (non-hydrogen) atoms. The Hall–Kier alpha value is -2.93. The second-order valence-corrected chi connectivity index (χ2v) is 6.70. The van der Waals surface area contributed by atoms with Gasteiger partial charge in [-0.25, -0.2) is 4.98 Å². The predicted octanol–water partition coefficient (Wildman–Crippen LogP) is 2.17. The number of rotatable bonds is 6. The van der Waals surface area contributed by atoms with Crippen LogP contribution in [0.15, 0.2) is 29.1 Å². The second kappa shape index (κ2) is 7.75. The number of amides is 1. The third-order valence-corrected chi connectivity index (χ3v) is 4.70. The van der Waals surface area contributed by atoms with E-state index in [9.17, 15) is 9.59 Å². The molecule has 7 heteroatoms. The SMILES string of the molecule is CCNCc1cccc(NC(=O)Cc2c(C)nc3c(c2C)c(=O)[nH]n3C)c1. The highest BCUT2D eigenvalue weighted by atomic mass is 16.1. The summed E-state index contributed by atoms with van der Waals surface area (Å²) in [6.07, 6.45) is 0.173. The molecule has 3 aromatic rings. The molecule has 1 amide bonds. The molecule has 2 heterocycles. The Balaban J connectivity index is 1.82. The van der Waals surface area contributed by atoms with Crippen LogP contribution in [0.4, 0.5) is 5.69 Å². The van der Waals surface area contributed by atoms with Crippen molar-refractivity contribution in [2.24, 2.45) is 7.05 Å². The Bertz CT molecular complexity index is 1050. The molecule has 7 nitrogen and oxygen atoms in total. The molecule has 3 rings (SSSR count). The van der Waals surface area contributed by atoms with E-state index in [0.29, 0.717) is 11.0 Å². The summed E-state index contributed by atoms with van der Waals surface area (Å²) in [4.78, 5) is 29.3. The number of benzene rings is 1. The highest BCUT2D eigenvalue weighted by Gasteiger charge is 2.17. The van der Waals surface area contributed by atoms with Crippen LogP contribution in [0.1, 0.15) is 29.3 Å². The topological polar surface area (TPSA) is 91.8 Å². The van der Waals surface area contributed by atoms with Gasteiger partial charge in [-0.3, -0.25) is 19.4 Å². The number of aromatic nitrogens is 3. The molecule has 0 aliphatic heterocycles. The number of hydrogen-bond donors (Lipinski definition) is 3. The maximum Gasteiger partial charge on any atom is 0.273 e. The van der Waals surface area contributed by atoms with E-state index in [4.69, 9.17) is 0 Å². The average molecular weight is 367 g/mol. The Morgan fingerprint density at radius 2 is 2.07 bits per heavy atom. The van der Waals surface area contributed by atoms with Crippen molar-refractivity contribution in [1.82, 2.24) is 20.1 Å². The first-order valence-electron chi connectivity index (χ1n) is 9.05. The maximum absolute atomic E-state index is 12.6. The third-order valence-electron chi connectivity index (χ3n) is 4.70. The summed E-state index contributed by atoms with van der Waals surface area (Å²) in [6.45, 7) is 7.44. The number of fused-ring (bicyclic) bond motifs is 1. The molecular formula is C20H25N5O2. The van der Waals surface area contributed by atoms with E-state index in [2.05, 4.69) is 27.6 Å². The van der Waals surface area contributed by atoms with E-state index in [0.717, 1.165) is 41.2 Å². The van der Waals surface area contributed by atoms with Crippen molar-refractivity contribution in [3.05, 3.63) is 57.0 Å². The van der Waals surface area contributed by atoms with Crippen LogP contribution in [-0.4, -0.2) is 27.2 Å². The fourth-order valence-electron chi connectivity index (χ4n) is 3.30. The van der Waals surface area contributed by atoms with Gasteiger partial charge in [0.15, 0.2) is 5.65 Å². The second-order valence-electron chi connectivity index (χ2n) is 6.70. The molecule has 0 saturated carbocycles. The molecule has 0 aliphatic rings. The van der Waals surface area contributed by atoms with Gasteiger partial charge in [-0.1, -0.05) is 19.1 Å². The van der Waals surface area contributed by atoms with Crippen molar-refractivity contribution in [1.29, 1.82) is 0 Å². The Labute approximate surface area is 157 Å². The molecule has 0 unspecified atom stereocenters. The van der Waals surface area contributed by atoms with Crippen LogP contribution in [0, 0.1) is 13.8 Å². The van der Waals surface area contributed by atoms with Crippen LogP contribution in [0.5, 0.6) is 0 Å². The van der Waals surface area contributed by atoms with Gasteiger partial charge < -0.3 is 10.6 Å². The molecule has 2 aromatic heterocycles. The summed E-state index contributed by atoms with van der Waals surface area (Å²) in [7, 11) is 1.75. The molecule has 0 radical (unpaired) electrons. The maximum atomic E-state index is 12.6. The van der Waals surface area contributed by atoms with E-state index >= 15 is 0 Å². The Morgan fingerprint density at radius 1 is 1.30 bits per heavy atom. The zero-order chi connectivity index (χ0) is 19.6. The zero-order valence-corrected chi connectivity index (χ0v) is 16.1. The molecule has 0 fully saturated rings. The highest BCUT2D eigenvalue weighted by Crippen LogP contribution is 2.21. The van der Waals surface area contributed by atoms with Crippen molar-refractivity contribution >= 4 is 22.6 Å². The van der Waals surface area contributed by atoms with Gasteiger partial charge in [0.05, 0.1) is 11.8 Å². The largest absolute Gasteiger partial charge is 0.326 e. The quantitative estimate of drug-likeness (QED) is 0.623. The standard InChI is InChI=1S/C20H25N5O2/c1-5-21-11-14-7-6-8-15(9-14)23-17(26)10-16-12(2)18-19(22-13(16)3)25(4)24-20(18)27/h6-9,21H,5,10-11H2,1-4H3,(H,23,26)(H,24,27). The third kappa shape index (κ3) is 3.93. The van der Waals surface area contributed by atoms with Crippen LogP contribution in [-0.2, 0) is 24.8 Å². The normalized spacial score (nSPS) is 11.1. The van der Waals surface area contributed by atoms with E-state index < -0.39 is 0 Å². The van der Waals surface area contributed by atoms with Crippen molar-refractivity contribution in [2.45, 2.75) is 33.7 Å². The molecule has 0 aliphatic carbocycles. The summed E-state index contributed by atoms with van der Waals surface area (Å²) < 4.78 is 1.61. The first kappa shape index (κ1) is 18.8. The van der Waals surface area contributed by atoms with E-state index in [-0.39, 0.29) is 17.9 Å². The number of pyridine rings is 1. The number of carbonyl (C=O) groups is 1. The summed E-state index contributed by atoms with van der Waals surface area (Å²) >= 11 is 0. The monoisotopic (exact) mass is 367 g/mol. The highest BCUT2D eigenvalue weighted by molar-refractivity contribution is 5.93. The zero-order valence-electron chi connectivity index (χ0n) is 16.1. The average Bonchev–Trinajstić information content (AvgIpc) is 2.90. The summed E-state index contributed by atoms with van der Waals surface area (Å²) in [5, 5.41) is 9.47. The summed E-state index contributed by atoms with van der Waals surface area (Å²) in [5.41, 5.74) is 4.64. The van der Waals surface area contributed by atoms with Gasteiger partial charge in [0.25, 0.3) is 5.56 Å². The minimum Gasteiger partial charge on any atom is -0.326 e. The number of H-pyrrole nitrogens is 1. The minimum atomic E-state index is -0.185. The predicted molar refractivity (Wildman–Crippen MR) is 107 cm³/mol. The first-order valence-corrected chi connectivity index (χ1v) is 9.05. The molecule has 0 atom stereocenters. The lowest BCUT2D eigenvalue weighted by molar-refractivity contribution is -0.115. The molecule has 1 aromatic carbocycles. The number of anilines is 1. The smallest absolute Gasteiger partial charge is 0.273 e. The van der Waals surface area contributed by atoms with E-state index in [1.807, 2.05) is 38.1 Å². The molecule has 0 spiro atoms. The Kier molecular flexibility index (Phi) is 5.41. The number of aromatic amines is 1. The van der Waals surface area contributed by atoms with Crippen molar-refractivity contribution in [2.75, 3.05) is 11.9 Å². The molecule has 0 bridgehead atoms. The number of nitrogens with zero attached hydrogens (tertiary/aromatic N) is 2. The summed E-state index contributed by atoms with van der Waals surface area (Å²) in [5.74, 6) is -0.129. The number of carbonyl (C=O) groups excluding carboxylic acids is 1. The fourth-order valence-corrected chi connectivity index (χ4v) is 3.30. The van der Waals surface area contributed by atoms with E-state index in [1.165, 1.54) is 0 Å². The summed E-state index contributed by atoms with van der Waals surface area (Å²) in [6, 6.07) is 7.78. The van der Waals surface area contributed by atoms with Crippen molar-refractivity contribution < 1.29 is 4.79 Å². The lowest BCUT2D eigenvalue weighted by Gasteiger charge is -2.12. The van der Waals surface area contributed by atoms with Gasteiger partial charge >= 0.3 is 0 Å². The lowest BCUT2D eigenvalue weighted by atomic mass is 10.0. The van der Waals surface area contributed by atoms with Crippen LogP contribution in [0.3, 0.4) is 0 Å². The van der Waals surface area contributed by atoms with Gasteiger partial charge in [0.2, 0.25) is 5.91 Å². The van der Waals surface area contributed by atoms with Crippen molar-refractivity contribution in [3.8, 4) is 0 Å². The van der Waals surface area contributed by atoms with Gasteiger partial charge in [-0.15, -0.1) is 0 Å². The first-order chi connectivity index (χ1) is 12.9. The van der Waals surface area contributed by atoms with Gasteiger partial charge in [0.1, 0.15) is 0 Å². The lowest BCUT2D eigenvalue weighted by Crippen LogP contribution is -2.17. The van der Waals surface area contributed by atoms with Crippen molar-refractivity contribution in [3.63, 3.8) is 0 Å². The fraction of sp³-hybridized carbons (Fsp3) is 0.350. The number of hydrogen-bond acceptors (Lipinski definition) is 4. The molecule has 3 N–H and O–H groups in total. The number of nitrogens with one attached hydrogen (secondary N) is 3. The van der Waals surface area contributed by atoms with Crippen LogP contribution in [0.25, 0.3) is 11.0 Å². The van der Waals surface area contributed by atoms with Crippen LogP contribution in [0.2, 0.25) is 0 Å². The van der Waals surface area contributed by atoms with Gasteiger partial charge in [-0.05, 0) is 49.2 Å². The molecule has 0 saturated heterocycles. The molecule has 142 valence electrons.